The lowest BCUT2D eigenvalue weighted by molar-refractivity contribution is 0.607. The van der Waals surface area contributed by atoms with Crippen LogP contribution in [0.2, 0.25) is 0 Å². The highest BCUT2D eigenvalue weighted by atomic mass is 16.1. The first-order valence-electron chi connectivity index (χ1n) is 4.82. The largest absolute Gasteiger partial charge is 0.296 e. The Kier molecular flexibility index (Phi) is 2.32. The summed E-state index contributed by atoms with van der Waals surface area (Å²) in [6.07, 6.45) is 5.45. The molecule has 72 valence electrons. The van der Waals surface area contributed by atoms with Crippen molar-refractivity contribution in [3.05, 3.63) is 27.9 Å². The van der Waals surface area contributed by atoms with Gasteiger partial charge in [0.1, 0.15) is 17.5 Å². The van der Waals surface area contributed by atoms with Gasteiger partial charge in [0.2, 0.25) is 0 Å². The van der Waals surface area contributed by atoms with Crippen LogP contribution in [0.5, 0.6) is 0 Å². The van der Waals surface area contributed by atoms with Crippen molar-refractivity contribution in [1.82, 2.24) is 9.55 Å². The van der Waals surface area contributed by atoms with Gasteiger partial charge in [-0.2, -0.15) is 5.26 Å². The maximum absolute atomic E-state index is 11.7. The van der Waals surface area contributed by atoms with E-state index in [1.54, 1.807) is 4.57 Å². The highest BCUT2D eigenvalue weighted by molar-refractivity contribution is 5.23. The van der Waals surface area contributed by atoms with Crippen LogP contribution in [0, 0.1) is 11.3 Å². The molecular formula is C10H11N3O. The lowest BCUT2D eigenvalue weighted by Crippen LogP contribution is -2.26. The predicted molar refractivity (Wildman–Crippen MR) is 50.8 cm³/mol. The Labute approximate surface area is 81.8 Å². The van der Waals surface area contributed by atoms with E-state index in [4.69, 9.17) is 5.26 Å². The fraction of sp³-hybridized carbons (Fsp3) is 0.500. The smallest absolute Gasteiger partial charge is 0.271 e. The van der Waals surface area contributed by atoms with E-state index in [1.165, 1.54) is 6.20 Å². The average molecular weight is 189 g/mol. The summed E-state index contributed by atoms with van der Waals surface area (Å²) in [4.78, 5) is 15.8. The number of aromatic nitrogens is 2. The Morgan fingerprint density at radius 3 is 3.07 bits per heavy atom. The van der Waals surface area contributed by atoms with Crippen molar-refractivity contribution in [2.24, 2.45) is 0 Å². The van der Waals surface area contributed by atoms with Crippen LogP contribution in [0.3, 0.4) is 0 Å². The van der Waals surface area contributed by atoms with Gasteiger partial charge in [-0.3, -0.25) is 9.36 Å². The minimum absolute atomic E-state index is 0.149. The second-order valence-corrected chi connectivity index (χ2v) is 3.47. The first-order valence-corrected chi connectivity index (χ1v) is 4.82. The highest BCUT2D eigenvalue weighted by Gasteiger charge is 2.12. The van der Waals surface area contributed by atoms with Crippen LogP contribution in [0.15, 0.2) is 11.0 Å². The van der Waals surface area contributed by atoms with Crippen molar-refractivity contribution >= 4 is 0 Å². The number of hydrogen-bond donors (Lipinski definition) is 0. The minimum atomic E-state index is -0.181. The van der Waals surface area contributed by atoms with Gasteiger partial charge in [0.25, 0.3) is 5.56 Å². The fourth-order valence-electron chi connectivity index (χ4n) is 1.76. The Morgan fingerprint density at radius 1 is 1.43 bits per heavy atom. The van der Waals surface area contributed by atoms with Crippen molar-refractivity contribution in [2.45, 2.75) is 32.2 Å². The van der Waals surface area contributed by atoms with Gasteiger partial charge in [0.05, 0.1) is 6.20 Å². The molecule has 0 fully saturated rings. The first-order chi connectivity index (χ1) is 6.83. The summed E-state index contributed by atoms with van der Waals surface area (Å²) in [7, 11) is 0. The van der Waals surface area contributed by atoms with Crippen molar-refractivity contribution in [1.29, 1.82) is 5.26 Å². The summed E-state index contributed by atoms with van der Waals surface area (Å²) in [6, 6.07) is 1.87. The Morgan fingerprint density at radius 2 is 2.29 bits per heavy atom. The van der Waals surface area contributed by atoms with Gasteiger partial charge in [-0.15, -0.1) is 0 Å². The molecule has 0 aliphatic carbocycles. The zero-order valence-corrected chi connectivity index (χ0v) is 7.86. The molecule has 4 heteroatoms. The van der Waals surface area contributed by atoms with E-state index < -0.39 is 0 Å². The molecule has 4 nitrogen and oxygen atoms in total. The molecule has 0 amide bonds. The van der Waals surface area contributed by atoms with E-state index in [0.29, 0.717) is 6.54 Å². The monoisotopic (exact) mass is 189 g/mol. The van der Waals surface area contributed by atoms with Crippen LogP contribution in [-0.2, 0) is 13.0 Å². The van der Waals surface area contributed by atoms with Crippen LogP contribution in [0.25, 0.3) is 0 Å². The second-order valence-electron chi connectivity index (χ2n) is 3.47. The van der Waals surface area contributed by atoms with Gasteiger partial charge in [0.15, 0.2) is 0 Å². The maximum Gasteiger partial charge on any atom is 0.271 e. The maximum atomic E-state index is 11.7. The molecular weight excluding hydrogens is 178 g/mol. The summed E-state index contributed by atoms with van der Waals surface area (Å²) in [5.41, 5.74) is -0.0324. The van der Waals surface area contributed by atoms with E-state index in [0.717, 1.165) is 31.5 Å². The summed E-state index contributed by atoms with van der Waals surface area (Å²) in [5.74, 6) is 0.825. The Balaban J connectivity index is 2.57. The van der Waals surface area contributed by atoms with Gasteiger partial charge >= 0.3 is 0 Å². The van der Waals surface area contributed by atoms with Gasteiger partial charge < -0.3 is 0 Å². The number of nitrogens with zero attached hydrogens (tertiary/aromatic N) is 3. The summed E-state index contributed by atoms with van der Waals surface area (Å²) in [6.45, 7) is 0.705. The zero-order valence-electron chi connectivity index (χ0n) is 7.86. The molecule has 0 spiro atoms. The summed E-state index contributed by atoms with van der Waals surface area (Å²) < 4.78 is 1.64. The van der Waals surface area contributed by atoms with E-state index in [9.17, 15) is 4.79 Å². The van der Waals surface area contributed by atoms with E-state index in [2.05, 4.69) is 4.98 Å². The standard InChI is InChI=1S/C10H11N3O/c11-6-8-7-12-9-4-2-1-3-5-13(9)10(8)14/h7H,1-5H2. The third kappa shape index (κ3) is 1.41. The molecule has 0 aromatic carbocycles. The predicted octanol–water partition coefficient (Wildman–Crippen LogP) is 0.841. The SMILES string of the molecule is N#Cc1cnc2n(c1=O)CCCCC2. The topological polar surface area (TPSA) is 58.7 Å². The lowest BCUT2D eigenvalue weighted by atomic mass is 10.2. The molecule has 2 rings (SSSR count). The van der Waals surface area contributed by atoms with Crippen LogP contribution in [0.4, 0.5) is 0 Å². The molecule has 1 aliphatic rings. The molecule has 2 heterocycles. The van der Waals surface area contributed by atoms with Crippen LogP contribution in [0.1, 0.15) is 30.7 Å². The van der Waals surface area contributed by atoms with Gasteiger partial charge in [-0.05, 0) is 12.8 Å². The molecule has 1 aromatic heterocycles. The lowest BCUT2D eigenvalue weighted by Gasteiger charge is -2.06. The summed E-state index contributed by atoms with van der Waals surface area (Å²) in [5, 5.41) is 8.69. The fourth-order valence-corrected chi connectivity index (χ4v) is 1.76. The number of hydrogen-bond acceptors (Lipinski definition) is 3. The van der Waals surface area contributed by atoms with Crippen molar-refractivity contribution in [3.8, 4) is 6.07 Å². The van der Waals surface area contributed by atoms with Crippen molar-refractivity contribution < 1.29 is 0 Å². The first kappa shape index (κ1) is 8.95. The van der Waals surface area contributed by atoms with Crippen LogP contribution < -0.4 is 5.56 Å². The van der Waals surface area contributed by atoms with Gasteiger partial charge in [-0.25, -0.2) is 4.98 Å². The molecule has 0 unspecified atom stereocenters. The highest BCUT2D eigenvalue weighted by Crippen LogP contribution is 2.10. The van der Waals surface area contributed by atoms with E-state index >= 15 is 0 Å². The minimum Gasteiger partial charge on any atom is -0.296 e. The molecule has 0 saturated heterocycles. The zero-order chi connectivity index (χ0) is 9.97. The number of nitriles is 1. The van der Waals surface area contributed by atoms with E-state index in [-0.39, 0.29) is 11.1 Å². The Bertz CT molecular complexity index is 442. The normalized spacial score (nSPS) is 15.4. The average Bonchev–Trinajstić information content (AvgIpc) is 2.44. The number of aryl methyl sites for hydroxylation is 1. The Hall–Kier alpha value is -1.63. The third-order valence-corrected chi connectivity index (χ3v) is 2.53. The van der Waals surface area contributed by atoms with Crippen LogP contribution >= 0.6 is 0 Å². The molecule has 14 heavy (non-hydrogen) atoms. The molecule has 0 saturated carbocycles. The molecule has 1 aliphatic heterocycles. The molecule has 0 atom stereocenters. The number of rotatable bonds is 0. The quantitative estimate of drug-likeness (QED) is 0.607. The molecule has 0 bridgehead atoms. The van der Waals surface area contributed by atoms with Crippen molar-refractivity contribution in [2.75, 3.05) is 0 Å². The molecule has 0 radical (unpaired) electrons. The van der Waals surface area contributed by atoms with Crippen LogP contribution in [-0.4, -0.2) is 9.55 Å². The summed E-state index contributed by atoms with van der Waals surface area (Å²) >= 11 is 0. The van der Waals surface area contributed by atoms with Crippen molar-refractivity contribution in [3.63, 3.8) is 0 Å². The molecule has 1 aromatic rings. The molecule has 0 N–H and O–H groups in total. The second kappa shape index (κ2) is 3.62. The third-order valence-electron chi connectivity index (χ3n) is 2.53. The van der Waals surface area contributed by atoms with E-state index in [1.807, 2.05) is 6.07 Å². The number of fused-ring (bicyclic) bond motifs is 1. The van der Waals surface area contributed by atoms with Gasteiger partial charge in [0, 0.05) is 13.0 Å². The van der Waals surface area contributed by atoms with Gasteiger partial charge in [-0.1, -0.05) is 6.42 Å².